The monoisotopic (exact) mass is 346 g/mol. The lowest BCUT2D eigenvalue weighted by Crippen LogP contribution is -2.37. The largest absolute Gasteiger partial charge is 0.493 e. The van der Waals surface area contributed by atoms with E-state index in [1.165, 1.54) is 19.1 Å². The number of nitrogens with zero attached hydrogens (tertiary/aromatic N) is 1. The number of carbonyl (C=O) groups is 2. The van der Waals surface area contributed by atoms with Crippen LogP contribution in [0.1, 0.15) is 21.9 Å². The van der Waals surface area contributed by atoms with Crippen LogP contribution in [0.3, 0.4) is 0 Å². The number of furan rings is 1. The molecule has 1 N–H and O–H groups in total. The summed E-state index contributed by atoms with van der Waals surface area (Å²) >= 11 is 0. The van der Waals surface area contributed by atoms with Gasteiger partial charge in [0.1, 0.15) is 11.5 Å². The smallest absolute Gasteiger partial charge is 0.251 e. The predicted molar refractivity (Wildman–Crippen MR) is 91.8 cm³/mol. The minimum Gasteiger partial charge on any atom is -0.493 e. The molecule has 134 valence electrons. The van der Waals surface area contributed by atoms with Gasteiger partial charge in [0.25, 0.3) is 5.91 Å². The van der Waals surface area contributed by atoms with Crippen LogP contribution in [0.4, 0.5) is 0 Å². The van der Waals surface area contributed by atoms with E-state index in [1.807, 2.05) is 19.1 Å². The van der Waals surface area contributed by atoms with Gasteiger partial charge >= 0.3 is 0 Å². The van der Waals surface area contributed by atoms with E-state index in [4.69, 9.17) is 13.9 Å². The highest BCUT2D eigenvalue weighted by Crippen LogP contribution is 2.27. The Hall–Kier alpha value is -2.96. The molecule has 0 unspecified atom stereocenters. The number of ether oxygens (including phenoxy) is 2. The molecule has 0 fully saturated rings. The topological polar surface area (TPSA) is 81.0 Å². The summed E-state index contributed by atoms with van der Waals surface area (Å²) in [7, 11) is 4.67. The summed E-state index contributed by atoms with van der Waals surface area (Å²) in [5.41, 5.74) is 0.384. The van der Waals surface area contributed by atoms with Crippen molar-refractivity contribution in [2.75, 3.05) is 27.8 Å². The average molecular weight is 346 g/mol. The Bertz CT molecular complexity index is 754. The van der Waals surface area contributed by atoms with Crippen LogP contribution in [0, 0.1) is 6.92 Å². The summed E-state index contributed by atoms with van der Waals surface area (Å²) in [6.45, 7) is 2.08. The van der Waals surface area contributed by atoms with Gasteiger partial charge in [-0.2, -0.15) is 0 Å². The normalized spacial score (nSPS) is 10.2. The molecule has 0 spiro atoms. The van der Waals surface area contributed by atoms with Crippen LogP contribution in [-0.2, 0) is 11.3 Å². The fourth-order valence-electron chi connectivity index (χ4n) is 2.26. The van der Waals surface area contributed by atoms with Crippen LogP contribution in [0.5, 0.6) is 11.5 Å². The van der Waals surface area contributed by atoms with Crippen LogP contribution in [0.25, 0.3) is 0 Å². The fourth-order valence-corrected chi connectivity index (χ4v) is 2.26. The molecule has 1 aromatic carbocycles. The Morgan fingerprint density at radius 3 is 2.44 bits per heavy atom. The first kappa shape index (κ1) is 18.4. The molecule has 0 aliphatic rings. The number of nitrogens with one attached hydrogen (secondary N) is 1. The zero-order valence-corrected chi connectivity index (χ0v) is 14.8. The molecule has 0 aliphatic carbocycles. The Morgan fingerprint density at radius 1 is 1.12 bits per heavy atom. The third-order valence-corrected chi connectivity index (χ3v) is 3.66. The molecule has 0 radical (unpaired) electrons. The van der Waals surface area contributed by atoms with E-state index in [-0.39, 0.29) is 18.4 Å². The molecule has 7 nitrogen and oxygen atoms in total. The number of aryl methyl sites for hydroxylation is 1. The predicted octanol–water partition coefficient (Wildman–Crippen LogP) is 1.99. The van der Waals surface area contributed by atoms with Gasteiger partial charge < -0.3 is 24.1 Å². The molecule has 0 saturated carbocycles. The second kappa shape index (κ2) is 8.23. The van der Waals surface area contributed by atoms with Gasteiger partial charge in [-0.05, 0) is 37.3 Å². The maximum absolute atomic E-state index is 12.2. The lowest BCUT2D eigenvalue weighted by atomic mass is 10.2. The lowest BCUT2D eigenvalue weighted by molar-refractivity contribution is -0.129. The molecule has 2 rings (SSSR count). The molecule has 25 heavy (non-hydrogen) atoms. The van der Waals surface area contributed by atoms with Crippen molar-refractivity contribution in [3.8, 4) is 11.5 Å². The molecule has 7 heteroatoms. The molecular formula is C18H22N2O5. The number of hydrogen-bond acceptors (Lipinski definition) is 5. The van der Waals surface area contributed by atoms with Gasteiger partial charge in [-0.1, -0.05) is 0 Å². The highest BCUT2D eigenvalue weighted by Gasteiger charge is 2.15. The maximum atomic E-state index is 12.2. The summed E-state index contributed by atoms with van der Waals surface area (Å²) in [4.78, 5) is 25.8. The van der Waals surface area contributed by atoms with Crippen molar-refractivity contribution in [1.29, 1.82) is 0 Å². The third kappa shape index (κ3) is 4.76. The molecule has 0 saturated heterocycles. The summed E-state index contributed by atoms with van der Waals surface area (Å²) in [6.07, 6.45) is 0. The number of rotatable bonds is 7. The van der Waals surface area contributed by atoms with Crippen molar-refractivity contribution < 1.29 is 23.5 Å². The number of amides is 2. The zero-order chi connectivity index (χ0) is 18.4. The molecule has 1 aromatic heterocycles. The zero-order valence-electron chi connectivity index (χ0n) is 14.8. The highest BCUT2D eigenvalue weighted by atomic mass is 16.5. The van der Waals surface area contributed by atoms with Crippen molar-refractivity contribution in [3.63, 3.8) is 0 Å². The number of carbonyl (C=O) groups excluding carboxylic acids is 2. The van der Waals surface area contributed by atoms with Crippen LogP contribution in [0.2, 0.25) is 0 Å². The van der Waals surface area contributed by atoms with E-state index in [1.54, 1.807) is 25.2 Å². The van der Waals surface area contributed by atoms with Crippen LogP contribution in [0.15, 0.2) is 34.7 Å². The van der Waals surface area contributed by atoms with Gasteiger partial charge in [-0.3, -0.25) is 9.59 Å². The van der Waals surface area contributed by atoms with Crippen molar-refractivity contribution in [3.05, 3.63) is 47.4 Å². The number of benzene rings is 1. The van der Waals surface area contributed by atoms with E-state index in [0.717, 1.165) is 5.76 Å². The first-order valence-corrected chi connectivity index (χ1v) is 7.74. The Labute approximate surface area is 146 Å². The molecule has 0 atom stereocenters. The summed E-state index contributed by atoms with van der Waals surface area (Å²) < 4.78 is 15.7. The summed E-state index contributed by atoms with van der Waals surface area (Å²) in [6, 6.07) is 8.47. The number of methoxy groups -OCH3 is 2. The minimum atomic E-state index is -0.364. The number of hydrogen-bond donors (Lipinski definition) is 1. The second-order valence-electron chi connectivity index (χ2n) is 5.51. The summed E-state index contributed by atoms with van der Waals surface area (Å²) in [5, 5.41) is 2.60. The van der Waals surface area contributed by atoms with E-state index in [9.17, 15) is 9.59 Å². The van der Waals surface area contributed by atoms with Crippen molar-refractivity contribution >= 4 is 11.8 Å². The van der Waals surface area contributed by atoms with E-state index < -0.39 is 0 Å². The van der Waals surface area contributed by atoms with Crippen LogP contribution < -0.4 is 14.8 Å². The minimum absolute atomic E-state index is 0.108. The van der Waals surface area contributed by atoms with E-state index in [2.05, 4.69) is 5.32 Å². The van der Waals surface area contributed by atoms with Crippen LogP contribution in [-0.4, -0.2) is 44.5 Å². The van der Waals surface area contributed by atoms with Crippen molar-refractivity contribution in [2.24, 2.45) is 0 Å². The molecule has 1 heterocycles. The van der Waals surface area contributed by atoms with Crippen molar-refractivity contribution in [1.82, 2.24) is 10.2 Å². The first-order valence-electron chi connectivity index (χ1n) is 7.74. The standard InChI is InChI=1S/C18H22N2O5/c1-12-5-7-14(25-12)11-20(2)17(21)10-19-18(22)13-6-8-15(23-3)16(9-13)24-4/h5-9H,10-11H2,1-4H3,(H,19,22). The average Bonchev–Trinajstić information content (AvgIpc) is 3.03. The molecule has 0 aliphatic heterocycles. The summed E-state index contributed by atoms with van der Waals surface area (Å²) in [5.74, 6) is 1.88. The van der Waals surface area contributed by atoms with E-state index in [0.29, 0.717) is 29.4 Å². The highest BCUT2D eigenvalue weighted by molar-refractivity contribution is 5.97. The van der Waals surface area contributed by atoms with Gasteiger partial charge in [-0.25, -0.2) is 0 Å². The molecule has 0 bridgehead atoms. The van der Waals surface area contributed by atoms with E-state index >= 15 is 0 Å². The van der Waals surface area contributed by atoms with Gasteiger partial charge in [0.05, 0.1) is 27.3 Å². The lowest BCUT2D eigenvalue weighted by Gasteiger charge is -2.16. The molecule has 2 aromatic rings. The Morgan fingerprint density at radius 2 is 1.84 bits per heavy atom. The van der Waals surface area contributed by atoms with Gasteiger partial charge in [0.15, 0.2) is 11.5 Å². The van der Waals surface area contributed by atoms with Crippen LogP contribution >= 0.6 is 0 Å². The van der Waals surface area contributed by atoms with Gasteiger partial charge in [0.2, 0.25) is 5.91 Å². The third-order valence-electron chi connectivity index (χ3n) is 3.66. The number of likely N-dealkylation sites (N-methyl/N-ethyl adjacent to an activating group) is 1. The second-order valence-corrected chi connectivity index (χ2v) is 5.51. The molecular weight excluding hydrogens is 324 g/mol. The maximum Gasteiger partial charge on any atom is 0.251 e. The van der Waals surface area contributed by atoms with Crippen molar-refractivity contribution in [2.45, 2.75) is 13.5 Å². The van der Waals surface area contributed by atoms with Gasteiger partial charge in [-0.15, -0.1) is 0 Å². The van der Waals surface area contributed by atoms with Gasteiger partial charge in [0, 0.05) is 12.6 Å². The molecule has 2 amide bonds. The Balaban J connectivity index is 1.91. The first-order chi connectivity index (χ1) is 11.9. The SMILES string of the molecule is COc1ccc(C(=O)NCC(=O)N(C)Cc2ccc(C)o2)cc1OC. The Kier molecular flexibility index (Phi) is 6.05. The fraction of sp³-hybridized carbons (Fsp3) is 0.333. The quantitative estimate of drug-likeness (QED) is 0.829.